The first-order chi connectivity index (χ1) is 16.1. The van der Waals surface area contributed by atoms with Crippen LogP contribution in [0.25, 0.3) is 0 Å². The highest BCUT2D eigenvalue weighted by Crippen LogP contribution is 2.45. The highest BCUT2D eigenvalue weighted by molar-refractivity contribution is 7.80. The van der Waals surface area contributed by atoms with E-state index < -0.39 is 17.7 Å². The molecule has 5 atom stereocenters. The molecule has 1 aliphatic heterocycles. The fourth-order valence-corrected chi connectivity index (χ4v) is 6.23. The number of nitrogens with zero attached hydrogens (tertiary/aromatic N) is 1. The zero-order valence-electron chi connectivity index (χ0n) is 20.1. The summed E-state index contributed by atoms with van der Waals surface area (Å²) < 4.78 is 6.23. The first-order valence-electron chi connectivity index (χ1n) is 11.9. The number of amides is 1. The van der Waals surface area contributed by atoms with Gasteiger partial charge in [0, 0.05) is 10.0 Å². The summed E-state index contributed by atoms with van der Waals surface area (Å²) in [7, 11) is 0. The molecule has 1 aliphatic carbocycles. The number of halogens is 2. The summed E-state index contributed by atoms with van der Waals surface area (Å²) in [5.41, 5.74) is 1.14. The molecule has 1 N–H and O–H groups in total. The van der Waals surface area contributed by atoms with Gasteiger partial charge in [-0.1, -0.05) is 74.7 Å². The number of benzene rings is 2. The SMILES string of the molecule is CC(C)[C@@H]1CC[C@@H](C)CC1OC(=O)N1C(=S)N[C@](C)(c2cccc(Cl)c2)[C@@H]1c1ccc(Cl)cc1. The van der Waals surface area contributed by atoms with E-state index in [1.165, 1.54) is 6.42 Å². The molecule has 0 aromatic heterocycles. The van der Waals surface area contributed by atoms with Crippen LogP contribution in [0.15, 0.2) is 48.5 Å². The monoisotopic (exact) mass is 518 g/mol. The van der Waals surface area contributed by atoms with Crippen molar-refractivity contribution in [3.63, 3.8) is 0 Å². The lowest BCUT2D eigenvalue weighted by molar-refractivity contribution is -0.00700. The molecule has 1 amide bonds. The average molecular weight is 520 g/mol. The molecule has 4 rings (SSSR count). The molecule has 1 heterocycles. The maximum absolute atomic E-state index is 13.8. The molecule has 2 aromatic rings. The lowest BCUT2D eigenvalue weighted by Crippen LogP contribution is -2.43. The molecule has 0 radical (unpaired) electrons. The van der Waals surface area contributed by atoms with Gasteiger partial charge in [0.15, 0.2) is 5.11 Å². The molecule has 34 heavy (non-hydrogen) atoms. The molecule has 0 spiro atoms. The molecule has 1 saturated heterocycles. The second-order valence-corrected chi connectivity index (χ2v) is 11.5. The Kier molecular flexibility index (Phi) is 7.47. The Morgan fingerprint density at radius 1 is 1.15 bits per heavy atom. The van der Waals surface area contributed by atoms with E-state index in [0.29, 0.717) is 32.9 Å². The molecule has 7 heteroatoms. The van der Waals surface area contributed by atoms with E-state index in [9.17, 15) is 4.79 Å². The Labute approximate surface area is 218 Å². The molecular weight excluding hydrogens is 487 g/mol. The first kappa shape index (κ1) is 25.3. The van der Waals surface area contributed by atoms with Crippen molar-refractivity contribution in [3.05, 3.63) is 69.7 Å². The molecule has 182 valence electrons. The lowest BCUT2D eigenvalue weighted by atomic mass is 9.75. The number of thiocarbonyl (C=S) groups is 1. The third kappa shape index (κ3) is 4.93. The summed E-state index contributed by atoms with van der Waals surface area (Å²) in [4.78, 5) is 15.4. The number of carbonyl (C=O) groups is 1. The Bertz CT molecular complexity index is 1060. The fourth-order valence-electron chi connectivity index (χ4n) is 5.52. The average Bonchev–Trinajstić information content (AvgIpc) is 3.05. The molecule has 1 unspecified atom stereocenters. The minimum Gasteiger partial charge on any atom is -0.445 e. The maximum Gasteiger partial charge on any atom is 0.417 e. The molecule has 4 nitrogen and oxygen atoms in total. The van der Waals surface area contributed by atoms with E-state index in [1.54, 1.807) is 4.90 Å². The molecule has 0 bridgehead atoms. The van der Waals surface area contributed by atoms with E-state index in [-0.39, 0.29) is 6.10 Å². The minimum atomic E-state index is -0.702. The number of ether oxygens (including phenoxy) is 1. The summed E-state index contributed by atoms with van der Waals surface area (Å²) in [5, 5.41) is 5.01. The normalized spacial score (nSPS) is 29.3. The second kappa shape index (κ2) is 10.0. The van der Waals surface area contributed by atoms with E-state index in [2.05, 4.69) is 26.1 Å². The van der Waals surface area contributed by atoms with Gasteiger partial charge >= 0.3 is 6.09 Å². The number of nitrogens with one attached hydrogen (secondary N) is 1. The van der Waals surface area contributed by atoms with Crippen LogP contribution in [0.4, 0.5) is 4.79 Å². The van der Waals surface area contributed by atoms with E-state index in [1.807, 2.05) is 55.5 Å². The predicted molar refractivity (Wildman–Crippen MR) is 142 cm³/mol. The Morgan fingerprint density at radius 3 is 2.50 bits per heavy atom. The van der Waals surface area contributed by atoms with Gasteiger partial charge in [0.1, 0.15) is 6.10 Å². The number of hydrogen-bond donors (Lipinski definition) is 1. The van der Waals surface area contributed by atoms with Gasteiger partial charge in [-0.25, -0.2) is 9.69 Å². The summed E-state index contributed by atoms with van der Waals surface area (Å²) in [6.45, 7) is 8.68. The summed E-state index contributed by atoms with van der Waals surface area (Å²) in [6.07, 6.45) is 2.58. The summed E-state index contributed by atoms with van der Waals surface area (Å²) >= 11 is 18.2. The minimum absolute atomic E-state index is 0.122. The molecule has 2 aliphatic rings. The molecular formula is C27H32Cl2N2O2S. The third-order valence-electron chi connectivity index (χ3n) is 7.41. The topological polar surface area (TPSA) is 41.6 Å². The van der Waals surface area contributed by atoms with Gasteiger partial charge in [0.05, 0.1) is 11.6 Å². The van der Waals surface area contributed by atoms with Crippen molar-refractivity contribution in [1.29, 1.82) is 0 Å². The van der Waals surface area contributed by atoms with E-state index in [0.717, 1.165) is 24.0 Å². The molecule has 2 fully saturated rings. The first-order valence-corrected chi connectivity index (χ1v) is 13.1. The Morgan fingerprint density at radius 2 is 1.85 bits per heavy atom. The highest BCUT2D eigenvalue weighted by atomic mass is 35.5. The van der Waals surface area contributed by atoms with Crippen molar-refractivity contribution in [3.8, 4) is 0 Å². The van der Waals surface area contributed by atoms with Crippen molar-refractivity contribution in [2.45, 2.75) is 64.6 Å². The van der Waals surface area contributed by atoms with E-state index >= 15 is 0 Å². The van der Waals surface area contributed by atoms with Crippen molar-refractivity contribution in [2.24, 2.45) is 17.8 Å². The molecule has 2 aromatic carbocycles. The summed E-state index contributed by atoms with van der Waals surface area (Å²) in [5.74, 6) is 1.32. The van der Waals surface area contributed by atoms with Gasteiger partial charge in [-0.3, -0.25) is 0 Å². The molecule has 1 saturated carbocycles. The van der Waals surface area contributed by atoms with Crippen LogP contribution in [-0.4, -0.2) is 22.2 Å². The van der Waals surface area contributed by atoms with Gasteiger partial charge in [0.25, 0.3) is 0 Å². The summed E-state index contributed by atoms with van der Waals surface area (Å²) in [6, 6.07) is 14.8. The Hall–Kier alpha value is -1.82. The largest absolute Gasteiger partial charge is 0.445 e. The van der Waals surface area contributed by atoms with Crippen LogP contribution in [0.3, 0.4) is 0 Å². The zero-order chi connectivity index (χ0) is 24.6. The predicted octanol–water partition coefficient (Wildman–Crippen LogP) is 7.74. The van der Waals surface area contributed by atoms with Gasteiger partial charge in [0.2, 0.25) is 0 Å². The van der Waals surface area contributed by atoms with Crippen molar-refractivity contribution in [2.75, 3.05) is 0 Å². The standard InChI is InChI=1S/C27H32Cl2N2O2S/c1-16(2)22-13-8-17(3)14-23(22)33-26(32)31-24(18-9-11-20(28)12-10-18)27(4,30-25(31)34)19-6-5-7-21(29)15-19/h5-7,9-12,15-17,22-24H,8,13-14H2,1-4H3,(H,30,34)/t17-,22+,23?,24+,27-/m1/s1. The van der Waals surface area contributed by atoms with Crippen molar-refractivity contribution < 1.29 is 9.53 Å². The van der Waals surface area contributed by atoms with E-state index in [4.69, 9.17) is 40.2 Å². The van der Waals surface area contributed by atoms with Crippen molar-refractivity contribution >= 4 is 46.6 Å². The number of hydrogen-bond acceptors (Lipinski definition) is 3. The number of rotatable bonds is 4. The van der Waals surface area contributed by atoms with Gasteiger partial charge in [-0.15, -0.1) is 0 Å². The third-order valence-corrected chi connectivity index (χ3v) is 8.20. The Balaban J connectivity index is 1.72. The second-order valence-electron chi connectivity index (χ2n) is 10.2. The fraction of sp³-hybridized carbons (Fsp3) is 0.481. The van der Waals surface area contributed by atoms with Crippen LogP contribution in [0, 0.1) is 17.8 Å². The van der Waals surface area contributed by atoms with Crippen molar-refractivity contribution in [1.82, 2.24) is 10.2 Å². The highest BCUT2D eigenvalue weighted by Gasteiger charge is 2.52. The van der Waals surface area contributed by atoms with Gasteiger partial charge in [-0.05, 0) is 85.1 Å². The zero-order valence-corrected chi connectivity index (χ0v) is 22.4. The van der Waals surface area contributed by atoms with Gasteiger partial charge in [-0.2, -0.15) is 0 Å². The quantitative estimate of drug-likeness (QED) is 0.420. The van der Waals surface area contributed by atoms with Gasteiger partial charge < -0.3 is 10.1 Å². The van der Waals surface area contributed by atoms with Crippen LogP contribution in [-0.2, 0) is 10.3 Å². The van der Waals surface area contributed by atoms with Crippen LogP contribution >= 0.6 is 35.4 Å². The number of carbonyl (C=O) groups excluding carboxylic acids is 1. The van der Waals surface area contributed by atoms with Crippen LogP contribution in [0.2, 0.25) is 10.0 Å². The van der Waals surface area contributed by atoms with Crippen LogP contribution in [0.1, 0.15) is 64.1 Å². The van der Waals surface area contributed by atoms with Crippen LogP contribution < -0.4 is 5.32 Å². The lowest BCUT2D eigenvalue weighted by Gasteiger charge is -2.38. The smallest absolute Gasteiger partial charge is 0.417 e. The van der Waals surface area contributed by atoms with Crippen LogP contribution in [0.5, 0.6) is 0 Å². The maximum atomic E-state index is 13.8.